The van der Waals surface area contributed by atoms with Gasteiger partial charge in [-0.3, -0.25) is 5.43 Å². The number of hydrogen-bond acceptors (Lipinski definition) is 3. The van der Waals surface area contributed by atoms with Crippen LogP contribution in [0.2, 0.25) is 0 Å². The van der Waals surface area contributed by atoms with Crippen molar-refractivity contribution in [1.82, 2.24) is 10.7 Å². The molecular weight excluding hydrogens is 270 g/mol. The first-order valence-electron chi connectivity index (χ1n) is 6.83. The molecule has 0 heterocycles. The van der Waals surface area contributed by atoms with Crippen molar-refractivity contribution >= 4 is 23.0 Å². The molecule has 0 aliphatic heterocycles. The number of benzene rings is 1. The highest BCUT2D eigenvalue weighted by Gasteiger charge is 1.99. The molecule has 0 unspecified atom stereocenters. The van der Waals surface area contributed by atoms with Crippen LogP contribution in [0.25, 0.3) is 0 Å². The van der Waals surface area contributed by atoms with Crippen LogP contribution < -0.4 is 10.7 Å². The third kappa shape index (κ3) is 6.12. The summed E-state index contributed by atoms with van der Waals surface area (Å²) in [7, 11) is 1.66. The van der Waals surface area contributed by atoms with Gasteiger partial charge in [-0.15, -0.1) is 0 Å². The Balaban J connectivity index is 2.49. The summed E-state index contributed by atoms with van der Waals surface area (Å²) in [6, 6.07) is 8.47. The second-order valence-electron chi connectivity index (χ2n) is 4.50. The molecule has 0 bridgehead atoms. The van der Waals surface area contributed by atoms with Gasteiger partial charge in [0.2, 0.25) is 0 Å². The van der Waals surface area contributed by atoms with Crippen LogP contribution >= 0.6 is 12.2 Å². The monoisotopic (exact) mass is 293 g/mol. The van der Waals surface area contributed by atoms with E-state index in [1.165, 1.54) is 5.56 Å². The minimum absolute atomic E-state index is 0.504. The number of ether oxygens (including phenoxy) is 1. The van der Waals surface area contributed by atoms with Crippen molar-refractivity contribution in [3.05, 3.63) is 35.4 Å². The molecule has 0 aromatic heterocycles. The largest absolute Gasteiger partial charge is 0.383 e. The number of rotatable bonds is 7. The maximum absolute atomic E-state index is 5.11. The van der Waals surface area contributed by atoms with Crippen LogP contribution in [0.3, 0.4) is 0 Å². The zero-order chi connectivity index (χ0) is 14.8. The Morgan fingerprint density at radius 1 is 1.30 bits per heavy atom. The molecule has 0 aliphatic rings. The minimum Gasteiger partial charge on any atom is -0.383 e. The van der Waals surface area contributed by atoms with Gasteiger partial charge >= 0.3 is 0 Å². The van der Waals surface area contributed by atoms with Gasteiger partial charge in [0.05, 0.1) is 12.3 Å². The van der Waals surface area contributed by atoms with Gasteiger partial charge in [0.1, 0.15) is 0 Å². The third-order valence-corrected chi connectivity index (χ3v) is 3.06. The van der Waals surface area contributed by atoms with Gasteiger partial charge in [-0.05, 0) is 36.7 Å². The van der Waals surface area contributed by atoms with E-state index < -0.39 is 0 Å². The quantitative estimate of drug-likeness (QED) is 0.351. The van der Waals surface area contributed by atoms with E-state index in [-0.39, 0.29) is 0 Å². The van der Waals surface area contributed by atoms with Gasteiger partial charge in [0.15, 0.2) is 5.11 Å². The number of nitrogens with one attached hydrogen (secondary N) is 2. The lowest BCUT2D eigenvalue weighted by Crippen LogP contribution is -2.34. The number of thiocarbonyl (C=S) groups is 1. The summed E-state index contributed by atoms with van der Waals surface area (Å²) in [5, 5.41) is 7.78. The first-order valence-corrected chi connectivity index (χ1v) is 7.24. The predicted molar refractivity (Wildman–Crippen MR) is 88.3 cm³/mol. The predicted octanol–water partition coefficient (Wildman–Crippen LogP) is 2.47. The van der Waals surface area contributed by atoms with Crippen LogP contribution in [0.1, 0.15) is 31.4 Å². The lowest BCUT2D eigenvalue weighted by Gasteiger charge is -2.07. The molecule has 2 N–H and O–H groups in total. The Morgan fingerprint density at radius 3 is 2.60 bits per heavy atom. The van der Waals surface area contributed by atoms with Gasteiger partial charge < -0.3 is 10.1 Å². The zero-order valence-corrected chi connectivity index (χ0v) is 13.2. The topological polar surface area (TPSA) is 45.7 Å². The number of methoxy groups -OCH3 is 1. The first kappa shape index (κ1) is 16.6. The van der Waals surface area contributed by atoms with E-state index in [0.29, 0.717) is 18.3 Å². The van der Waals surface area contributed by atoms with Gasteiger partial charge in [-0.1, -0.05) is 37.6 Å². The maximum atomic E-state index is 5.11. The second kappa shape index (κ2) is 9.44. The molecule has 0 fully saturated rings. The molecule has 0 atom stereocenters. The molecule has 0 saturated heterocycles. The number of aryl methyl sites for hydroxylation is 1. The summed E-state index contributed by atoms with van der Waals surface area (Å²) in [5.74, 6) is 0. The van der Waals surface area contributed by atoms with Crippen molar-refractivity contribution in [2.45, 2.75) is 26.7 Å². The lowest BCUT2D eigenvalue weighted by atomic mass is 10.1. The van der Waals surface area contributed by atoms with Gasteiger partial charge in [-0.2, -0.15) is 5.10 Å². The molecule has 4 nitrogen and oxygen atoms in total. The molecule has 0 amide bonds. The summed E-state index contributed by atoms with van der Waals surface area (Å²) in [4.78, 5) is 0. The lowest BCUT2D eigenvalue weighted by molar-refractivity contribution is 0.204. The number of nitrogens with zero attached hydrogens (tertiary/aromatic N) is 1. The minimum atomic E-state index is 0.504. The van der Waals surface area contributed by atoms with E-state index >= 15 is 0 Å². The highest BCUT2D eigenvalue weighted by atomic mass is 32.1. The van der Waals surface area contributed by atoms with Crippen molar-refractivity contribution in [3.63, 3.8) is 0 Å². The molecule has 1 aromatic rings. The van der Waals surface area contributed by atoms with E-state index in [9.17, 15) is 0 Å². The second-order valence-corrected chi connectivity index (χ2v) is 4.91. The Morgan fingerprint density at radius 2 is 2.00 bits per heavy atom. The van der Waals surface area contributed by atoms with Crippen molar-refractivity contribution in [2.24, 2.45) is 5.10 Å². The zero-order valence-electron chi connectivity index (χ0n) is 12.4. The average Bonchev–Trinajstić information content (AvgIpc) is 2.46. The summed E-state index contributed by atoms with van der Waals surface area (Å²) in [6.45, 7) is 5.42. The van der Waals surface area contributed by atoms with Crippen LogP contribution in [0.5, 0.6) is 0 Å². The van der Waals surface area contributed by atoms with E-state index in [2.05, 4.69) is 47.0 Å². The van der Waals surface area contributed by atoms with Crippen LogP contribution in [-0.2, 0) is 11.2 Å². The fraction of sp³-hybridized carbons (Fsp3) is 0.467. The molecule has 0 radical (unpaired) electrons. The van der Waals surface area contributed by atoms with Crippen molar-refractivity contribution in [1.29, 1.82) is 0 Å². The van der Waals surface area contributed by atoms with Gasteiger partial charge in [-0.25, -0.2) is 0 Å². The Labute approximate surface area is 126 Å². The van der Waals surface area contributed by atoms with Crippen LogP contribution in [0, 0.1) is 0 Å². The molecule has 1 aromatic carbocycles. The standard InChI is InChI=1S/C15H23N3OS/c1-4-5-13-6-8-14(9-7-13)12(2)17-18-15(20)16-10-11-19-3/h6-9H,4-5,10-11H2,1-3H3,(H2,16,18,20)/b17-12-. The first-order chi connectivity index (χ1) is 9.67. The highest BCUT2D eigenvalue weighted by Crippen LogP contribution is 2.07. The van der Waals surface area contributed by atoms with Gasteiger partial charge in [0.25, 0.3) is 0 Å². The van der Waals surface area contributed by atoms with Crippen LogP contribution in [-0.4, -0.2) is 31.1 Å². The van der Waals surface area contributed by atoms with Crippen molar-refractivity contribution in [2.75, 3.05) is 20.3 Å². The summed E-state index contributed by atoms with van der Waals surface area (Å²) in [6.07, 6.45) is 2.28. The fourth-order valence-corrected chi connectivity index (χ4v) is 1.85. The number of hydrazone groups is 1. The Hall–Kier alpha value is -1.46. The Bertz CT molecular complexity index is 443. The van der Waals surface area contributed by atoms with Crippen LogP contribution in [0.15, 0.2) is 29.4 Å². The van der Waals surface area contributed by atoms with Crippen molar-refractivity contribution in [3.8, 4) is 0 Å². The maximum Gasteiger partial charge on any atom is 0.187 e. The fourth-order valence-electron chi connectivity index (χ4n) is 1.71. The summed E-state index contributed by atoms with van der Waals surface area (Å²) in [5.41, 5.74) is 6.19. The molecular formula is C15H23N3OS. The van der Waals surface area contributed by atoms with E-state index in [4.69, 9.17) is 17.0 Å². The normalized spacial score (nSPS) is 11.2. The van der Waals surface area contributed by atoms with E-state index in [0.717, 1.165) is 24.1 Å². The SMILES string of the molecule is CCCc1ccc(/C(C)=N\NC(=S)NCCOC)cc1. The third-order valence-electron chi connectivity index (χ3n) is 2.83. The molecule has 0 spiro atoms. The van der Waals surface area contributed by atoms with Crippen LogP contribution in [0.4, 0.5) is 0 Å². The van der Waals surface area contributed by atoms with E-state index in [1.54, 1.807) is 7.11 Å². The Kier molecular flexibility index (Phi) is 7.84. The average molecular weight is 293 g/mol. The summed E-state index contributed by atoms with van der Waals surface area (Å²) < 4.78 is 4.93. The number of hydrogen-bond donors (Lipinski definition) is 2. The smallest absolute Gasteiger partial charge is 0.187 e. The molecule has 0 aliphatic carbocycles. The molecule has 20 heavy (non-hydrogen) atoms. The molecule has 110 valence electrons. The van der Waals surface area contributed by atoms with E-state index in [1.807, 2.05) is 6.92 Å². The summed E-state index contributed by atoms with van der Waals surface area (Å²) >= 11 is 5.11. The molecule has 1 rings (SSSR count). The van der Waals surface area contributed by atoms with Gasteiger partial charge in [0, 0.05) is 13.7 Å². The molecule has 0 saturated carbocycles. The highest BCUT2D eigenvalue weighted by molar-refractivity contribution is 7.80. The van der Waals surface area contributed by atoms with Crippen molar-refractivity contribution < 1.29 is 4.74 Å². The molecule has 5 heteroatoms.